The lowest BCUT2D eigenvalue weighted by Gasteiger charge is -2.06. The summed E-state index contributed by atoms with van der Waals surface area (Å²) < 4.78 is 0. The van der Waals surface area contributed by atoms with Gasteiger partial charge in [-0.15, -0.1) is 0 Å². The van der Waals surface area contributed by atoms with Gasteiger partial charge in [-0.3, -0.25) is 4.99 Å². The summed E-state index contributed by atoms with van der Waals surface area (Å²) in [5, 5.41) is 6.40. The SMILES string of the molecule is CC.CCc1ccc(NC2=NCCN2)cc1. The third-order valence-corrected chi connectivity index (χ3v) is 2.30. The minimum Gasteiger partial charge on any atom is -0.354 e. The van der Waals surface area contributed by atoms with E-state index in [0.717, 1.165) is 31.2 Å². The average molecular weight is 219 g/mol. The molecule has 2 N–H and O–H groups in total. The van der Waals surface area contributed by atoms with E-state index in [4.69, 9.17) is 0 Å². The molecule has 3 heteroatoms. The summed E-state index contributed by atoms with van der Waals surface area (Å²) in [6.07, 6.45) is 1.08. The third-order valence-electron chi connectivity index (χ3n) is 2.30. The van der Waals surface area contributed by atoms with Gasteiger partial charge in [0, 0.05) is 12.2 Å². The zero-order chi connectivity index (χ0) is 11.8. The molecule has 1 aromatic carbocycles. The van der Waals surface area contributed by atoms with Crippen molar-refractivity contribution in [2.45, 2.75) is 27.2 Å². The Balaban J connectivity index is 0.000000606. The van der Waals surface area contributed by atoms with Gasteiger partial charge in [-0.25, -0.2) is 0 Å². The second kappa shape index (κ2) is 6.88. The van der Waals surface area contributed by atoms with Crippen LogP contribution in [0.2, 0.25) is 0 Å². The highest BCUT2D eigenvalue weighted by Crippen LogP contribution is 2.09. The van der Waals surface area contributed by atoms with E-state index < -0.39 is 0 Å². The highest BCUT2D eigenvalue weighted by atomic mass is 15.2. The van der Waals surface area contributed by atoms with E-state index in [1.54, 1.807) is 0 Å². The molecule has 1 heterocycles. The molecular formula is C13H21N3. The zero-order valence-electron chi connectivity index (χ0n) is 10.4. The van der Waals surface area contributed by atoms with Crippen molar-refractivity contribution in [2.75, 3.05) is 18.4 Å². The topological polar surface area (TPSA) is 36.4 Å². The predicted molar refractivity (Wildman–Crippen MR) is 71.1 cm³/mol. The highest BCUT2D eigenvalue weighted by molar-refractivity contribution is 5.94. The molecule has 0 unspecified atom stereocenters. The number of nitrogens with one attached hydrogen (secondary N) is 2. The summed E-state index contributed by atoms with van der Waals surface area (Å²) in [5.74, 6) is 0.884. The summed E-state index contributed by atoms with van der Waals surface area (Å²) >= 11 is 0. The maximum Gasteiger partial charge on any atom is 0.195 e. The standard InChI is InChI=1S/C11H15N3.C2H6/c1-2-9-3-5-10(6-4-9)14-11-12-7-8-13-11;1-2/h3-6H,2,7-8H2,1H3,(H2,12,13,14);1-2H3. The van der Waals surface area contributed by atoms with Crippen LogP contribution >= 0.6 is 0 Å². The molecular weight excluding hydrogens is 198 g/mol. The van der Waals surface area contributed by atoms with E-state index in [1.165, 1.54) is 5.56 Å². The number of benzene rings is 1. The van der Waals surface area contributed by atoms with Crippen molar-refractivity contribution in [1.82, 2.24) is 5.32 Å². The number of nitrogens with zero attached hydrogens (tertiary/aromatic N) is 1. The van der Waals surface area contributed by atoms with E-state index in [9.17, 15) is 0 Å². The highest BCUT2D eigenvalue weighted by Gasteiger charge is 2.03. The van der Waals surface area contributed by atoms with Crippen LogP contribution in [0.25, 0.3) is 0 Å². The summed E-state index contributed by atoms with van der Waals surface area (Å²) in [5.41, 5.74) is 2.45. The van der Waals surface area contributed by atoms with Gasteiger partial charge in [0.1, 0.15) is 0 Å². The quantitative estimate of drug-likeness (QED) is 0.802. The Morgan fingerprint density at radius 1 is 1.25 bits per heavy atom. The number of hydrogen-bond acceptors (Lipinski definition) is 3. The summed E-state index contributed by atoms with van der Waals surface area (Å²) in [6, 6.07) is 8.44. The third kappa shape index (κ3) is 3.57. The van der Waals surface area contributed by atoms with Gasteiger partial charge < -0.3 is 10.6 Å². The molecule has 0 spiro atoms. The molecule has 2 rings (SSSR count). The summed E-state index contributed by atoms with van der Waals surface area (Å²) in [6.45, 7) is 7.97. The molecule has 0 aliphatic carbocycles. The van der Waals surface area contributed by atoms with E-state index in [2.05, 4.69) is 46.8 Å². The van der Waals surface area contributed by atoms with Gasteiger partial charge in [-0.05, 0) is 24.1 Å². The molecule has 88 valence electrons. The van der Waals surface area contributed by atoms with Gasteiger partial charge in [0.25, 0.3) is 0 Å². The largest absolute Gasteiger partial charge is 0.354 e. The number of guanidine groups is 1. The number of aryl methyl sites for hydroxylation is 1. The summed E-state index contributed by atoms with van der Waals surface area (Å²) in [4.78, 5) is 4.27. The number of rotatable bonds is 2. The van der Waals surface area contributed by atoms with Crippen LogP contribution < -0.4 is 10.6 Å². The first-order valence-electron chi connectivity index (χ1n) is 6.03. The van der Waals surface area contributed by atoms with Gasteiger partial charge in [0.05, 0.1) is 6.54 Å². The van der Waals surface area contributed by atoms with Crippen molar-refractivity contribution in [3.63, 3.8) is 0 Å². The molecule has 3 nitrogen and oxygen atoms in total. The molecule has 0 aromatic heterocycles. The Hall–Kier alpha value is -1.51. The Bertz CT molecular complexity index is 328. The van der Waals surface area contributed by atoms with Crippen LogP contribution in [0.4, 0.5) is 5.69 Å². The summed E-state index contributed by atoms with van der Waals surface area (Å²) in [7, 11) is 0. The van der Waals surface area contributed by atoms with Crippen molar-refractivity contribution in [1.29, 1.82) is 0 Å². The Morgan fingerprint density at radius 3 is 2.44 bits per heavy atom. The lowest BCUT2D eigenvalue weighted by Crippen LogP contribution is -2.26. The van der Waals surface area contributed by atoms with Crippen LogP contribution in [0.3, 0.4) is 0 Å². The Morgan fingerprint density at radius 2 is 1.94 bits per heavy atom. The second-order valence-electron chi connectivity index (χ2n) is 3.33. The molecule has 0 bridgehead atoms. The molecule has 0 atom stereocenters. The van der Waals surface area contributed by atoms with Crippen molar-refractivity contribution in [2.24, 2.45) is 4.99 Å². The monoisotopic (exact) mass is 219 g/mol. The molecule has 1 aromatic rings. The van der Waals surface area contributed by atoms with Gasteiger partial charge in [-0.2, -0.15) is 0 Å². The van der Waals surface area contributed by atoms with Crippen molar-refractivity contribution in [3.05, 3.63) is 29.8 Å². The van der Waals surface area contributed by atoms with Gasteiger partial charge in [0.15, 0.2) is 5.96 Å². The maximum absolute atomic E-state index is 4.27. The minimum atomic E-state index is 0.870. The predicted octanol–water partition coefficient (Wildman–Crippen LogP) is 2.65. The zero-order valence-corrected chi connectivity index (χ0v) is 10.4. The fourth-order valence-electron chi connectivity index (χ4n) is 1.44. The normalized spacial score (nSPS) is 13.3. The van der Waals surface area contributed by atoms with E-state index in [1.807, 2.05) is 13.8 Å². The first-order chi connectivity index (χ1) is 7.88. The minimum absolute atomic E-state index is 0.870. The molecule has 0 fully saturated rings. The Kier molecular flexibility index (Phi) is 5.40. The first kappa shape index (κ1) is 12.6. The van der Waals surface area contributed by atoms with Crippen LogP contribution in [0, 0.1) is 0 Å². The smallest absolute Gasteiger partial charge is 0.195 e. The number of hydrogen-bond donors (Lipinski definition) is 2. The van der Waals surface area contributed by atoms with Crippen molar-refractivity contribution in [3.8, 4) is 0 Å². The molecule has 1 aliphatic rings. The average Bonchev–Trinajstić information content (AvgIpc) is 2.86. The molecule has 16 heavy (non-hydrogen) atoms. The second-order valence-corrected chi connectivity index (χ2v) is 3.33. The van der Waals surface area contributed by atoms with Gasteiger partial charge >= 0.3 is 0 Å². The molecule has 0 amide bonds. The number of anilines is 1. The number of aliphatic imine (C=N–C) groups is 1. The van der Waals surface area contributed by atoms with Gasteiger partial charge in [0.2, 0.25) is 0 Å². The fraction of sp³-hybridized carbons (Fsp3) is 0.462. The lowest BCUT2D eigenvalue weighted by atomic mass is 10.1. The van der Waals surface area contributed by atoms with Crippen LogP contribution in [0.15, 0.2) is 29.3 Å². The fourth-order valence-corrected chi connectivity index (χ4v) is 1.44. The molecule has 0 saturated heterocycles. The lowest BCUT2D eigenvalue weighted by molar-refractivity contribution is 0.959. The Labute approximate surface area is 98.0 Å². The van der Waals surface area contributed by atoms with Crippen LogP contribution in [0.1, 0.15) is 26.3 Å². The molecule has 0 radical (unpaired) electrons. The van der Waals surface area contributed by atoms with E-state index in [-0.39, 0.29) is 0 Å². The maximum atomic E-state index is 4.27. The van der Waals surface area contributed by atoms with Crippen LogP contribution in [-0.4, -0.2) is 19.0 Å². The van der Waals surface area contributed by atoms with E-state index >= 15 is 0 Å². The van der Waals surface area contributed by atoms with Crippen molar-refractivity contribution < 1.29 is 0 Å². The van der Waals surface area contributed by atoms with Crippen molar-refractivity contribution >= 4 is 11.6 Å². The van der Waals surface area contributed by atoms with Gasteiger partial charge in [-0.1, -0.05) is 32.9 Å². The molecule has 1 aliphatic heterocycles. The van der Waals surface area contributed by atoms with E-state index in [0.29, 0.717) is 0 Å². The first-order valence-corrected chi connectivity index (χ1v) is 6.03. The van der Waals surface area contributed by atoms with Crippen LogP contribution in [0.5, 0.6) is 0 Å². The van der Waals surface area contributed by atoms with Crippen LogP contribution in [-0.2, 0) is 6.42 Å². The molecule has 0 saturated carbocycles.